The van der Waals surface area contributed by atoms with Gasteiger partial charge in [0.05, 0.1) is 19.8 Å². The van der Waals surface area contributed by atoms with Crippen LogP contribution < -0.4 is 0 Å². The molecule has 0 amide bonds. The first-order chi connectivity index (χ1) is 15.6. The Morgan fingerprint density at radius 2 is 0.758 bits per heavy atom. The summed E-state index contributed by atoms with van der Waals surface area (Å²) in [6, 6.07) is 0. The van der Waals surface area contributed by atoms with E-state index in [2.05, 4.69) is 20.8 Å². The van der Waals surface area contributed by atoms with Crippen LogP contribution >= 0.6 is 0 Å². The van der Waals surface area contributed by atoms with Crippen LogP contribution in [0.1, 0.15) is 111 Å². The highest BCUT2D eigenvalue weighted by molar-refractivity contribution is 5.67. The van der Waals surface area contributed by atoms with Crippen LogP contribution in [0.25, 0.3) is 0 Å². The summed E-state index contributed by atoms with van der Waals surface area (Å²) in [4.78, 5) is 29.6. The summed E-state index contributed by atoms with van der Waals surface area (Å²) in [5, 5.41) is 50.4. The van der Waals surface area contributed by atoms with Gasteiger partial charge in [-0.05, 0) is 25.7 Å². The normalized spacial score (nSPS) is 9.91. The van der Waals surface area contributed by atoms with Crippen molar-refractivity contribution >= 4 is 17.9 Å². The minimum absolute atomic E-state index is 0.156. The van der Waals surface area contributed by atoms with Gasteiger partial charge < -0.3 is 30.6 Å². The molecule has 0 heterocycles. The van der Waals surface area contributed by atoms with Crippen molar-refractivity contribution in [3.8, 4) is 0 Å². The molecule has 9 heteroatoms. The van der Waals surface area contributed by atoms with E-state index in [9.17, 15) is 14.4 Å². The summed E-state index contributed by atoms with van der Waals surface area (Å²) >= 11 is 0. The molecule has 0 aliphatic carbocycles. The SMILES string of the molecule is CCC(CO)(CO)CO.CCCCCC(=O)O.CCCCCC(=O)O.CCCCCC(=O)O. The molecule has 0 bridgehead atoms. The average Bonchev–Trinajstić information content (AvgIpc) is 2.77. The zero-order valence-corrected chi connectivity index (χ0v) is 21.2. The zero-order chi connectivity index (χ0) is 26.5. The number of aliphatic hydroxyl groups excluding tert-OH is 3. The lowest BCUT2D eigenvalue weighted by Gasteiger charge is -2.24. The number of aliphatic hydroxyl groups is 3. The third-order valence-corrected chi connectivity index (χ3v) is 4.74. The minimum Gasteiger partial charge on any atom is -0.481 e. The van der Waals surface area contributed by atoms with E-state index in [1.54, 1.807) is 0 Å². The monoisotopic (exact) mass is 482 g/mol. The van der Waals surface area contributed by atoms with Crippen LogP contribution in [0.15, 0.2) is 0 Å². The van der Waals surface area contributed by atoms with Gasteiger partial charge in [-0.15, -0.1) is 0 Å². The zero-order valence-electron chi connectivity index (χ0n) is 21.2. The van der Waals surface area contributed by atoms with E-state index in [0.29, 0.717) is 25.7 Å². The van der Waals surface area contributed by atoms with Gasteiger partial charge in [0.1, 0.15) is 0 Å². The van der Waals surface area contributed by atoms with Gasteiger partial charge in [-0.3, -0.25) is 14.4 Å². The first-order valence-corrected chi connectivity index (χ1v) is 12.0. The largest absolute Gasteiger partial charge is 0.481 e. The minimum atomic E-state index is -0.682. The van der Waals surface area contributed by atoms with E-state index in [0.717, 1.165) is 57.8 Å². The van der Waals surface area contributed by atoms with E-state index < -0.39 is 23.3 Å². The van der Waals surface area contributed by atoms with Crippen LogP contribution in [0.3, 0.4) is 0 Å². The van der Waals surface area contributed by atoms with Crippen molar-refractivity contribution < 1.29 is 45.0 Å². The second-order valence-electron chi connectivity index (χ2n) is 7.88. The lowest BCUT2D eigenvalue weighted by atomic mass is 9.88. The fourth-order valence-corrected chi connectivity index (χ4v) is 2.06. The quantitative estimate of drug-likeness (QED) is 0.175. The van der Waals surface area contributed by atoms with Crippen LogP contribution in [-0.4, -0.2) is 68.4 Å². The molecule has 33 heavy (non-hydrogen) atoms. The van der Waals surface area contributed by atoms with Gasteiger partial charge >= 0.3 is 17.9 Å². The van der Waals surface area contributed by atoms with E-state index in [4.69, 9.17) is 30.6 Å². The molecule has 0 fully saturated rings. The van der Waals surface area contributed by atoms with Gasteiger partial charge in [0.15, 0.2) is 0 Å². The van der Waals surface area contributed by atoms with Gasteiger partial charge in [0.2, 0.25) is 0 Å². The first kappa shape index (κ1) is 38.5. The number of carbonyl (C=O) groups is 3. The molecule has 0 aliphatic heterocycles. The van der Waals surface area contributed by atoms with Crippen molar-refractivity contribution in [1.82, 2.24) is 0 Å². The second-order valence-corrected chi connectivity index (χ2v) is 7.88. The maximum atomic E-state index is 9.87. The lowest BCUT2D eigenvalue weighted by Crippen LogP contribution is -2.32. The van der Waals surface area contributed by atoms with Crippen molar-refractivity contribution in [2.45, 2.75) is 111 Å². The molecule has 0 unspecified atom stereocenters. The van der Waals surface area contributed by atoms with Gasteiger partial charge in [0.25, 0.3) is 0 Å². The molecule has 0 aromatic heterocycles. The summed E-state index contributed by atoms with van der Waals surface area (Å²) in [7, 11) is 0. The Hall–Kier alpha value is -1.71. The lowest BCUT2D eigenvalue weighted by molar-refractivity contribution is -0.138. The molecule has 6 N–H and O–H groups in total. The number of unbranched alkanes of at least 4 members (excludes halogenated alkanes) is 6. The van der Waals surface area contributed by atoms with Crippen LogP contribution in [0.2, 0.25) is 0 Å². The molecular formula is C24H50O9. The first-order valence-electron chi connectivity index (χ1n) is 12.0. The van der Waals surface area contributed by atoms with E-state index in [-0.39, 0.29) is 19.8 Å². The molecule has 9 nitrogen and oxygen atoms in total. The molecule has 0 saturated heterocycles. The second kappa shape index (κ2) is 30.3. The highest BCUT2D eigenvalue weighted by atomic mass is 16.4. The Kier molecular flexibility index (Phi) is 35.4. The Labute approximate surface area is 199 Å². The predicted octanol–water partition coefficient (Wildman–Crippen LogP) is 4.31. The molecule has 0 radical (unpaired) electrons. The highest BCUT2D eigenvalue weighted by Gasteiger charge is 2.24. The highest BCUT2D eigenvalue weighted by Crippen LogP contribution is 2.18. The van der Waals surface area contributed by atoms with Gasteiger partial charge in [-0.1, -0.05) is 66.2 Å². The molecule has 0 aromatic rings. The Balaban J connectivity index is -0.000000170. The molecule has 0 saturated carbocycles. The maximum Gasteiger partial charge on any atom is 0.303 e. The van der Waals surface area contributed by atoms with Gasteiger partial charge in [0, 0.05) is 24.7 Å². The van der Waals surface area contributed by atoms with Crippen LogP contribution in [-0.2, 0) is 14.4 Å². The number of carboxylic acid groups (broad SMARTS) is 3. The van der Waals surface area contributed by atoms with Crippen molar-refractivity contribution in [1.29, 1.82) is 0 Å². The van der Waals surface area contributed by atoms with Crippen LogP contribution in [0.4, 0.5) is 0 Å². The van der Waals surface area contributed by atoms with E-state index in [1.807, 2.05) is 6.92 Å². The molecule has 200 valence electrons. The van der Waals surface area contributed by atoms with Gasteiger partial charge in [-0.2, -0.15) is 0 Å². The fraction of sp³-hybridized carbons (Fsp3) is 0.875. The maximum absolute atomic E-state index is 9.87. The number of aliphatic carboxylic acids is 3. The average molecular weight is 483 g/mol. The van der Waals surface area contributed by atoms with Crippen molar-refractivity contribution in [2.75, 3.05) is 19.8 Å². The topological polar surface area (TPSA) is 173 Å². The number of hydrogen-bond donors (Lipinski definition) is 6. The predicted molar refractivity (Wildman–Crippen MR) is 129 cm³/mol. The van der Waals surface area contributed by atoms with E-state index >= 15 is 0 Å². The Bertz CT molecular complexity index is 371. The van der Waals surface area contributed by atoms with Crippen molar-refractivity contribution in [3.63, 3.8) is 0 Å². The Morgan fingerprint density at radius 3 is 0.848 bits per heavy atom. The van der Waals surface area contributed by atoms with Crippen molar-refractivity contribution in [3.05, 3.63) is 0 Å². The summed E-state index contributed by atoms with van der Waals surface area (Å²) in [5.74, 6) is -2.05. The summed E-state index contributed by atoms with van der Waals surface area (Å²) < 4.78 is 0. The third kappa shape index (κ3) is 37.9. The molecule has 0 aromatic carbocycles. The Morgan fingerprint density at radius 1 is 0.515 bits per heavy atom. The molecular weight excluding hydrogens is 432 g/mol. The summed E-state index contributed by atoms with van der Waals surface area (Å²) in [6.07, 6.45) is 10.4. The molecule has 0 rings (SSSR count). The van der Waals surface area contributed by atoms with Gasteiger partial charge in [-0.25, -0.2) is 0 Å². The third-order valence-electron chi connectivity index (χ3n) is 4.74. The molecule has 0 aliphatic rings. The number of carboxylic acids is 3. The van der Waals surface area contributed by atoms with E-state index in [1.165, 1.54) is 0 Å². The van der Waals surface area contributed by atoms with Crippen LogP contribution in [0, 0.1) is 5.41 Å². The standard InChI is InChI=1S/C6H14O3.3C6H12O2/c1-2-6(3-7,4-8)5-9;3*1-2-3-4-5-6(7)8/h7-9H,2-5H2,1H3;3*2-5H2,1H3,(H,7,8). The molecule has 0 atom stereocenters. The summed E-state index contributed by atoms with van der Waals surface area (Å²) in [6.45, 7) is 7.53. The van der Waals surface area contributed by atoms with Crippen molar-refractivity contribution in [2.24, 2.45) is 5.41 Å². The fourth-order valence-electron chi connectivity index (χ4n) is 2.06. The summed E-state index contributed by atoms with van der Waals surface area (Å²) in [5.41, 5.74) is -0.667. The number of hydrogen-bond acceptors (Lipinski definition) is 6. The smallest absolute Gasteiger partial charge is 0.303 e. The number of rotatable bonds is 16. The molecule has 0 spiro atoms. The van der Waals surface area contributed by atoms with Crippen LogP contribution in [0.5, 0.6) is 0 Å².